The van der Waals surface area contributed by atoms with Gasteiger partial charge in [-0.05, 0) is 0 Å². The second kappa shape index (κ2) is 7.17. The van der Waals surface area contributed by atoms with Crippen LogP contribution in [0.25, 0.3) is 0 Å². The van der Waals surface area contributed by atoms with Gasteiger partial charge in [-0.1, -0.05) is 0 Å². The van der Waals surface area contributed by atoms with E-state index < -0.39 is 0 Å². The highest BCUT2D eigenvalue weighted by atomic mass is 15.3. The Balaban J connectivity index is 1.97. The number of rotatable bonds is 5. The van der Waals surface area contributed by atoms with Crippen LogP contribution in [0.3, 0.4) is 0 Å². The first kappa shape index (κ1) is 16.9. The molecule has 0 bridgehead atoms. The molecule has 0 atom stereocenters. The van der Waals surface area contributed by atoms with Gasteiger partial charge in [-0.2, -0.15) is 5.10 Å². The SMILES string of the molecule is CN=C(NCc1cnc(N(C)C)n1C)N(C)Cc1cnn(C)c1. The van der Waals surface area contributed by atoms with Gasteiger partial charge in [0.05, 0.1) is 24.6 Å². The number of nitrogens with one attached hydrogen (secondary N) is 1. The second-order valence-electron chi connectivity index (χ2n) is 5.78. The fraction of sp³-hybridized carbons (Fsp3) is 0.533. The van der Waals surface area contributed by atoms with Gasteiger partial charge in [0.2, 0.25) is 5.95 Å². The van der Waals surface area contributed by atoms with Gasteiger partial charge in [-0.15, -0.1) is 0 Å². The average molecular weight is 318 g/mol. The molecule has 2 rings (SSSR count). The third kappa shape index (κ3) is 4.02. The highest BCUT2D eigenvalue weighted by Gasteiger charge is 2.11. The van der Waals surface area contributed by atoms with E-state index in [4.69, 9.17) is 0 Å². The van der Waals surface area contributed by atoms with Gasteiger partial charge in [0.25, 0.3) is 0 Å². The molecule has 0 aliphatic rings. The molecule has 2 aromatic heterocycles. The maximum absolute atomic E-state index is 4.42. The number of hydrogen-bond donors (Lipinski definition) is 1. The summed E-state index contributed by atoms with van der Waals surface area (Å²) in [6, 6.07) is 0. The number of aromatic nitrogens is 4. The Bertz CT molecular complexity index is 667. The van der Waals surface area contributed by atoms with Crippen molar-refractivity contribution in [2.75, 3.05) is 33.1 Å². The van der Waals surface area contributed by atoms with Crippen molar-refractivity contribution in [1.29, 1.82) is 0 Å². The van der Waals surface area contributed by atoms with Crippen LogP contribution < -0.4 is 10.2 Å². The summed E-state index contributed by atoms with van der Waals surface area (Å²) >= 11 is 0. The monoisotopic (exact) mass is 318 g/mol. The topological polar surface area (TPSA) is 66.5 Å². The summed E-state index contributed by atoms with van der Waals surface area (Å²) in [6.07, 6.45) is 5.76. The summed E-state index contributed by atoms with van der Waals surface area (Å²) in [7, 11) is 11.7. The minimum absolute atomic E-state index is 0.668. The van der Waals surface area contributed by atoms with Crippen LogP contribution in [0.5, 0.6) is 0 Å². The van der Waals surface area contributed by atoms with Crippen LogP contribution in [-0.4, -0.2) is 58.4 Å². The number of nitrogens with zero attached hydrogens (tertiary/aromatic N) is 7. The van der Waals surface area contributed by atoms with Crippen LogP contribution >= 0.6 is 0 Å². The normalized spacial score (nSPS) is 11.7. The lowest BCUT2D eigenvalue weighted by Crippen LogP contribution is -2.38. The van der Waals surface area contributed by atoms with E-state index in [1.807, 2.05) is 58.7 Å². The van der Waals surface area contributed by atoms with Gasteiger partial charge >= 0.3 is 0 Å². The largest absolute Gasteiger partial charge is 0.351 e. The first-order valence-electron chi connectivity index (χ1n) is 7.49. The van der Waals surface area contributed by atoms with Crippen molar-refractivity contribution in [3.8, 4) is 0 Å². The molecule has 0 spiro atoms. The van der Waals surface area contributed by atoms with Gasteiger partial charge in [-0.3, -0.25) is 9.67 Å². The van der Waals surface area contributed by atoms with E-state index in [9.17, 15) is 0 Å². The molecule has 0 unspecified atom stereocenters. The summed E-state index contributed by atoms with van der Waals surface area (Å²) in [6.45, 7) is 1.42. The zero-order valence-corrected chi connectivity index (χ0v) is 14.8. The van der Waals surface area contributed by atoms with Gasteiger partial charge in [0.15, 0.2) is 5.96 Å². The fourth-order valence-corrected chi connectivity index (χ4v) is 2.47. The number of hydrogen-bond acceptors (Lipinski definition) is 4. The lowest BCUT2D eigenvalue weighted by atomic mass is 10.3. The smallest absolute Gasteiger partial charge is 0.204 e. The Kier molecular flexibility index (Phi) is 5.25. The number of anilines is 1. The summed E-state index contributed by atoms with van der Waals surface area (Å²) in [5.74, 6) is 1.77. The minimum Gasteiger partial charge on any atom is -0.351 e. The highest BCUT2D eigenvalue weighted by Crippen LogP contribution is 2.10. The molecule has 0 aliphatic carbocycles. The number of imidazole rings is 1. The maximum atomic E-state index is 4.42. The average Bonchev–Trinajstić information content (AvgIpc) is 3.06. The van der Waals surface area contributed by atoms with Crippen molar-refractivity contribution < 1.29 is 0 Å². The van der Waals surface area contributed by atoms with E-state index in [1.165, 1.54) is 0 Å². The van der Waals surface area contributed by atoms with Gasteiger partial charge in [0, 0.05) is 60.6 Å². The van der Waals surface area contributed by atoms with Crippen LogP contribution in [0.1, 0.15) is 11.3 Å². The molecule has 23 heavy (non-hydrogen) atoms. The highest BCUT2D eigenvalue weighted by molar-refractivity contribution is 5.79. The van der Waals surface area contributed by atoms with Gasteiger partial charge in [-0.25, -0.2) is 4.98 Å². The van der Waals surface area contributed by atoms with Gasteiger partial charge < -0.3 is 19.7 Å². The fourth-order valence-electron chi connectivity index (χ4n) is 2.47. The summed E-state index contributed by atoms with van der Waals surface area (Å²) in [5, 5.41) is 7.57. The van der Waals surface area contributed by atoms with Crippen molar-refractivity contribution in [2.45, 2.75) is 13.1 Å². The van der Waals surface area contributed by atoms with Crippen LogP contribution in [-0.2, 0) is 27.2 Å². The summed E-state index contributed by atoms with van der Waals surface area (Å²) < 4.78 is 3.87. The van der Waals surface area contributed by atoms with E-state index in [0.29, 0.717) is 6.54 Å². The molecule has 0 amide bonds. The Morgan fingerprint density at radius 2 is 2.00 bits per heavy atom. The third-order valence-corrected chi connectivity index (χ3v) is 3.64. The molecule has 2 heterocycles. The Hall–Kier alpha value is -2.51. The molecule has 0 aromatic carbocycles. The molecule has 8 nitrogen and oxygen atoms in total. The second-order valence-corrected chi connectivity index (χ2v) is 5.78. The zero-order chi connectivity index (χ0) is 17.0. The predicted molar refractivity (Wildman–Crippen MR) is 92.4 cm³/mol. The van der Waals surface area contributed by atoms with E-state index in [2.05, 4.69) is 29.9 Å². The zero-order valence-electron chi connectivity index (χ0n) is 14.8. The van der Waals surface area contributed by atoms with Crippen LogP contribution in [0.15, 0.2) is 23.6 Å². The Labute approximate surface area is 137 Å². The first-order valence-corrected chi connectivity index (χ1v) is 7.49. The predicted octanol–water partition coefficient (Wildman–Crippen LogP) is 0.427. The first-order chi connectivity index (χ1) is 10.9. The minimum atomic E-state index is 0.668. The summed E-state index contributed by atoms with van der Waals surface area (Å²) in [4.78, 5) is 12.8. The summed E-state index contributed by atoms with van der Waals surface area (Å²) in [5.41, 5.74) is 2.25. The number of aryl methyl sites for hydroxylation is 1. The van der Waals surface area contributed by atoms with Crippen LogP contribution in [0.2, 0.25) is 0 Å². The van der Waals surface area contributed by atoms with Crippen LogP contribution in [0.4, 0.5) is 5.95 Å². The lowest BCUT2D eigenvalue weighted by molar-refractivity contribution is 0.475. The van der Waals surface area contributed by atoms with Crippen molar-refractivity contribution >= 4 is 11.9 Å². The molecular weight excluding hydrogens is 292 g/mol. The number of aliphatic imine (C=N–C) groups is 1. The molecule has 0 saturated heterocycles. The van der Waals surface area contributed by atoms with E-state index in [0.717, 1.165) is 29.7 Å². The van der Waals surface area contributed by atoms with Crippen molar-refractivity contribution in [3.05, 3.63) is 29.8 Å². The Morgan fingerprint density at radius 3 is 2.52 bits per heavy atom. The van der Waals surface area contributed by atoms with Crippen molar-refractivity contribution in [2.24, 2.45) is 19.1 Å². The lowest BCUT2D eigenvalue weighted by Gasteiger charge is -2.21. The molecule has 1 N–H and O–H groups in total. The maximum Gasteiger partial charge on any atom is 0.204 e. The van der Waals surface area contributed by atoms with E-state index >= 15 is 0 Å². The molecule has 0 fully saturated rings. The quantitative estimate of drug-likeness (QED) is 0.639. The third-order valence-electron chi connectivity index (χ3n) is 3.64. The van der Waals surface area contributed by atoms with E-state index in [-0.39, 0.29) is 0 Å². The van der Waals surface area contributed by atoms with Crippen molar-refractivity contribution in [1.82, 2.24) is 29.5 Å². The molecule has 126 valence electrons. The molecule has 8 heteroatoms. The van der Waals surface area contributed by atoms with Crippen LogP contribution in [0, 0.1) is 0 Å². The molecule has 0 aliphatic heterocycles. The van der Waals surface area contributed by atoms with Crippen molar-refractivity contribution in [3.63, 3.8) is 0 Å². The standard InChI is InChI=1S/C15H26N8/c1-16-14(21(4)10-12-7-19-22(5)11-12)17-8-13-9-18-15(20(2)3)23(13)6/h7,9,11H,8,10H2,1-6H3,(H,16,17). The molecule has 2 aromatic rings. The van der Waals surface area contributed by atoms with Gasteiger partial charge in [0.1, 0.15) is 0 Å². The van der Waals surface area contributed by atoms with E-state index in [1.54, 1.807) is 11.7 Å². The Morgan fingerprint density at radius 1 is 1.26 bits per heavy atom. The number of guanidine groups is 1. The molecular formula is C15H26N8. The molecule has 0 radical (unpaired) electrons. The molecule has 0 saturated carbocycles.